The summed E-state index contributed by atoms with van der Waals surface area (Å²) in [6.07, 6.45) is 3.01. The maximum atomic E-state index is 14.3. The van der Waals surface area contributed by atoms with Crippen LogP contribution in [0.1, 0.15) is 69.6 Å². The third-order valence-corrected chi connectivity index (χ3v) is 6.23. The molecule has 0 saturated carbocycles. The van der Waals surface area contributed by atoms with Crippen LogP contribution in [0.25, 0.3) is 11.4 Å². The van der Waals surface area contributed by atoms with E-state index in [2.05, 4.69) is 10.2 Å². The molecule has 1 amide bonds. The van der Waals surface area contributed by atoms with Crippen molar-refractivity contribution in [2.75, 3.05) is 20.7 Å². The van der Waals surface area contributed by atoms with Gasteiger partial charge in [-0.05, 0) is 44.0 Å². The summed E-state index contributed by atoms with van der Waals surface area (Å²) >= 11 is 0. The van der Waals surface area contributed by atoms with Crippen molar-refractivity contribution in [3.05, 3.63) is 35.4 Å². The Morgan fingerprint density at radius 3 is 2.62 bits per heavy atom. The van der Waals surface area contributed by atoms with Gasteiger partial charge in [0.05, 0.1) is 18.8 Å². The number of fused-ring (bicyclic) bond motifs is 1. The summed E-state index contributed by atoms with van der Waals surface area (Å²) < 4.78 is 21.5. The van der Waals surface area contributed by atoms with Crippen LogP contribution in [-0.4, -0.2) is 52.9 Å². The molecule has 1 aliphatic rings. The summed E-state index contributed by atoms with van der Waals surface area (Å²) in [5.74, 6) is 0.132. The molecule has 1 atom stereocenters. The Morgan fingerprint density at radius 1 is 1.24 bits per heavy atom. The number of imidazole rings is 1. The molecule has 1 aromatic carbocycles. The molecule has 2 heterocycles. The van der Waals surface area contributed by atoms with Crippen molar-refractivity contribution in [2.24, 2.45) is 5.41 Å². The van der Waals surface area contributed by atoms with Gasteiger partial charge in [0.15, 0.2) is 11.5 Å². The van der Waals surface area contributed by atoms with Gasteiger partial charge in [-0.2, -0.15) is 0 Å². The second-order valence-electron chi connectivity index (χ2n) is 10.2. The summed E-state index contributed by atoms with van der Waals surface area (Å²) in [4.78, 5) is 33.3. The van der Waals surface area contributed by atoms with E-state index in [0.717, 1.165) is 31.5 Å². The van der Waals surface area contributed by atoms with Crippen molar-refractivity contribution >= 4 is 11.7 Å². The summed E-state index contributed by atoms with van der Waals surface area (Å²) in [5, 5.41) is 2.98. The van der Waals surface area contributed by atoms with Crippen LogP contribution < -0.4 is 10.1 Å². The summed E-state index contributed by atoms with van der Waals surface area (Å²) in [5.41, 5.74) is 1.16. The molecular formula is C26H37FN4O3. The highest BCUT2D eigenvalue weighted by atomic mass is 19.1. The first kappa shape index (κ1) is 25.9. The minimum Gasteiger partial charge on any atom is -0.497 e. The number of carbonyl (C=O) groups is 2. The summed E-state index contributed by atoms with van der Waals surface area (Å²) in [6.45, 7) is 9.96. The molecule has 2 aromatic rings. The van der Waals surface area contributed by atoms with Gasteiger partial charge in [-0.25, -0.2) is 9.37 Å². The summed E-state index contributed by atoms with van der Waals surface area (Å²) in [7, 11) is 3.49. The van der Waals surface area contributed by atoms with Crippen LogP contribution >= 0.6 is 0 Å². The van der Waals surface area contributed by atoms with E-state index in [0.29, 0.717) is 36.6 Å². The highest BCUT2D eigenvalue weighted by Gasteiger charge is 2.34. The SMILES string of the molecule is CCCCC(=O)C(NC(=O)c1nc(-c2cc(F)cc(OC)c2)n2c1CN(C)CCC2)C(C)(C)C. The fraction of sp³-hybridized carbons (Fsp3) is 0.577. The number of ketones is 1. The number of carbonyl (C=O) groups excluding carboxylic acids is 2. The van der Waals surface area contributed by atoms with Crippen molar-refractivity contribution in [3.63, 3.8) is 0 Å². The van der Waals surface area contributed by atoms with Crippen molar-refractivity contribution < 1.29 is 18.7 Å². The molecule has 0 radical (unpaired) electrons. The topological polar surface area (TPSA) is 76.5 Å². The number of benzene rings is 1. The first-order valence-electron chi connectivity index (χ1n) is 12.0. The van der Waals surface area contributed by atoms with Crippen molar-refractivity contribution in [1.82, 2.24) is 19.8 Å². The van der Waals surface area contributed by atoms with E-state index in [4.69, 9.17) is 9.72 Å². The number of rotatable bonds is 8. The first-order chi connectivity index (χ1) is 16.0. The van der Waals surface area contributed by atoms with Crippen molar-refractivity contribution in [1.29, 1.82) is 0 Å². The fourth-order valence-electron chi connectivity index (χ4n) is 4.41. The molecule has 186 valence electrons. The molecule has 34 heavy (non-hydrogen) atoms. The third kappa shape index (κ3) is 5.84. The van der Waals surface area contributed by atoms with E-state index < -0.39 is 17.3 Å². The van der Waals surface area contributed by atoms with Crippen molar-refractivity contribution in [3.8, 4) is 17.1 Å². The van der Waals surface area contributed by atoms with Gasteiger partial charge in [-0.1, -0.05) is 34.1 Å². The standard InChI is InChI=1S/C26H37FN4O3/c1-7-8-10-21(32)23(26(2,3)4)29-25(33)22-20-16-30(5)11-9-12-31(20)24(28-22)17-13-18(27)15-19(14-17)34-6/h13-15,23H,7-12,16H2,1-6H3,(H,29,33). The number of unbranched alkanes of at least 4 members (excludes halogenated alkanes) is 1. The smallest absolute Gasteiger partial charge is 0.272 e. The lowest BCUT2D eigenvalue weighted by atomic mass is 9.82. The van der Waals surface area contributed by atoms with Gasteiger partial charge in [0.2, 0.25) is 0 Å². The number of hydrogen-bond acceptors (Lipinski definition) is 5. The third-order valence-electron chi connectivity index (χ3n) is 6.23. The lowest BCUT2D eigenvalue weighted by Crippen LogP contribution is -2.49. The normalized spacial score (nSPS) is 15.4. The molecule has 0 aliphatic carbocycles. The Kier molecular flexibility index (Phi) is 8.13. The number of nitrogens with one attached hydrogen (secondary N) is 1. The highest BCUT2D eigenvalue weighted by molar-refractivity contribution is 5.98. The van der Waals surface area contributed by atoms with Crippen molar-refractivity contribution in [2.45, 2.75) is 72.5 Å². The Bertz CT molecular complexity index is 1040. The van der Waals surface area contributed by atoms with Gasteiger partial charge in [-0.15, -0.1) is 0 Å². The number of halogens is 1. The van der Waals surface area contributed by atoms with Gasteiger partial charge >= 0.3 is 0 Å². The molecule has 0 saturated heterocycles. The molecule has 1 aromatic heterocycles. The number of hydrogen-bond donors (Lipinski definition) is 1. The van der Waals surface area contributed by atoms with E-state index in [1.54, 1.807) is 6.07 Å². The van der Waals surface area contributed by atoms with E-state index in [1.807, 2.05) is 39.3 Å². The predicted molar refractivity (Wildman–Crippen MR) is 130 cm³/mol. The van der Waals surface area contributed by atoms with Gasteiger partial charge in [-0.3, -0.25) is 9.59 Å². The first-order valence-corrected chi connectivity index (χ1v) is 12.0. The zero-order valence-corrected chi connectivity index (χ0v) is 21.2. The minimum atomic E-state index is -0.620. The lowest BCUT2D eigenvalue weighted by Gasteiger charge is -2.30. The second-order valence-corrected chi connectivity index (χ2v) is 10.2. The number of methoxy groups -OCH3 is 1. The highest BCUT2D eigenvalue weighted by Crippen LogP contribution is 2.30. The number of nitrogens with zero attached hydrogens (tertiary/aromatic N) is 3. The number of ether oxygens (including phenoxy) is 1. The Balaban J connectivity index is 2.04. The zero-order chi connectivity index (χ0) is 25.0. The number of amides is 1. The minimum absolute atomic E-state index is 0.0280. The Labute approximate surface area is 201 Å². The summed E-state index contributed by atoms with van der Waals surface area (Å²) in [6, 6.07) is 3.82. The van der Waals surface area contributed by atoms with E-state index in [9.17, 15) is 14.0 Å². The zero-order valence-electron chi connectivity index (χ0n) is 21.2. The van der Waals surface area contributed by atoms with Gasteiger partial charge < -0.3 is 19.5 Å². The van der Waals surface area contributed by atoms with Gasteiger partial charge in [0, 0.05) is 31.1 Å². The Hall–Kier alpha value is -2.74. The molecule has 0 bridgehead atoms. The van der Waals surface area contributed by atoms with E-state index in [1.165, 1.54) is 19.2 Å². The maximum absolute atomic E-state index is 14.3. The monoisotopic (exact) mass is 472 g/mol. The quantitative estimate of drug-likeness (QED) is 0.615. The molecule has 8 heteroatoms. The molecule has 0 fully saturated rings. The van der Waals surface area contributed by atoms with Crippen LogP contribution in [0.15, 0.2) is 18.2 Å². The maximum Gasteiger partial charge on any atom is 0.272 e. The Morgan fingerprint density at radius 2 is 1.97 bits per heavy atom. The van der Waals surface area contributed by atoms with E-state index >= 15 is 0 Å². The van der Waals surface area contributed by atoms with E-state index in [-0.39, 0.29) is 17.4 Å². The molecule has 1 aliphatic heterocycles. The van der Waals surface area contributed by atoms with Crippen LogP contribution in [-0.2, 0) is 17.9 Å². The van der Waals surface area contributed by atoms with Gasteiger partial charge in [0.25, 0.3) is 5.91 Å². The average molecular weight is 473 g/mol. The van der Waals surface area contributed by atoms with Crippen LogP contribution in [0, 0.1) is 11.2 Å². The molecular weight excluding hydrogens is 435 g/mol. The van der Waals surface area contributed by atoms with Crippen LogP contribution in [0.2, 0.25) is 0 Å². The number of Topliss-reactive ketones (excluding diaryl/α,β-unsaturated/α-hetero) is 1. The van der Waals surface area contributed by atoms with Crippen LogP contribution in [0.3, 0.4) is 0 Å². The molecule has 3 rings (SSSR count). The van der Waals surface area contributed by atoms with Crippen LogP contribution in [0.5, 0.6) is 5.75 Å². The molecule has 1 unspecified atom stereocenters. The number of aromatic nitrogens is 2. The second kappa shape index (κ2) is 10.7. The lowest BCUT2D eigenvalue weighted by molar-refractivity contribution is -0.123. The van der Waals surface area contributed by atoms with Crippen LogP contribution in [0.4, 0.5) is 4.39 Å². The molecule has 1 N–H and O–H groups in total. The fourth-order valence-corrected chi connectivity index (χ4v) is 4.41. The molecule has 0 spiro atoms. The van der Waals surface area contributed by atoms with Gasteiger partial charge in [0.1, 0.15) is 17.4 Å². The predicted octanol–water partition coefficient (Wildman–Crippen LogP) is 4.44. The average Bonchev–Trinajstić information content (AvgIpc) is 3.01. The largest absolute Gasteiger partial charge is 0.497 e. The molecule has 7 nitrogen and oxygen atoms in total.